The maximum absolute atomic E-state index is 13.3. The van der Waals surface area contributed by atoms with Crippen molar-refractivity contribution in [2.24, 2.45) is 5.92 Å². The molecule has 5 heterocycles. The highest BCUT2D eigenvalue weighted by molar-refractivity contribution is 6.08. The molecule has 3 N–H and O–H groups in total. The number of benzene rings is 1. The first kappa shape index (κ1) is 23.2. The second-order valence-corrected chi connectivity index (χ2v) is 10.6. The molecule has 38 heavy (non-hydrogen) atoms. The molecule has 10 heteroatoms. The molecule has 1 fully saturated rings. The summed E-state index contributed by atoms with van der Waals surface area (Å²) in [6.07, 6.45) is 7.82. The number of hydrogen-bond acceptors (Lipinski definition) is 7. The number of carbonyl (C=O) groups excluding carboxylic acids is 1. The fourth-order valence-corrected chi connectivity index (χ4v) is 6.04. The zero-order valence-electron chi connectivity index (χ0n) is 21.5. The van der Waals surface area contributed by atoms with E-state index in [4.69, 9.17) is 4.98 Å². The quantitative estimate of drug-likeness (QED) is 0.333. The molecule has 4 aromatic heterocycles. The first-order valence-corrected chi connectivity index (χ1v) is 13.4. The molecule has 10 nitrogen and oxygen atoms in total. The monoisotopic (exact) mass is 509 g/mol. The van der Waals surface area contributed by atoms with Gasteiger partial charge < -0.3 is 10.2 Å². The molecule has 1 aromatic carbocycles. The highest BCUT2D eigenvalue weighted by atomic mass is 16.1. The number of likely N-dealkylation sites (N-methyl/N-ethyl adjacent to an activating group) is 1. The fourth-order valence-electron chi connectivity index (χ4n) is 6.04. The van der Waals surface area contributed by atoms with Gasteiger partial charge in [-0.2, -0.15) is 10.2 Å². The summed E-state index contributed by atoms with van der Waals surface area (Å²) in [5, 5.41) is 20.8. The standard InChI is InChI=1S/C28H31N9O/c1-36-8-10-37(11-9-36)7-6-29-28(38)17-2-3-20-21(13-17)26(18-12-19-15-31-35-27(19)30-14-18)33-24-5-4-23-22(25(20)24)16-32-34-23/h4-5,12,14-17H,2-3,6-11,13H2,1H3,(H,29,38)(H,32,34)(H,30,31,35). The van der Waals surface area contributed by atoms with Gasteiger partial charge in [0, 0.05) is 73.1 Å². The van der Waals surface area contributed by atoms with E-state index in [2.05, 4.69) is 59.7 Å². The number of carbonyl (C=O) groups is 1. The van der Waals surface area contributed by atoms with E-state index in [1.165, 1.54) is 5.56 Å². The van der Waals surface area contributed by atoms with Crippen LogP contribution in [-0.2, 0) is 17.6 Å². The van der Waals surface area contributed by atoms with Crippen molar-refractivity contribution >= 4 is 38.7 Å². The van der Waals surface area contributed by atoms with E-state index in [9.17, 15) is 4.79 Å². The number of aromatic amines is 2. The molecule has 194 valence electrons. The number of piperazine rings is 1. The Morgan fingerprint density at radius 1 is 1.08 bits per heavy atom. The summed E-state index contributed by atoms with van der Waals surface area (Å²) in [7, 11) is 2.16. The Morgan fingerprint density at radius 2 is 1.95 bits per heavy atom. The van der Waals surface area contributed by atoms with Gasteiger partial charge in [-0.15, -0.1) is 0 Å². The molecule has 0 spiro atoms. The lowest BCUT2D eigenvalue weighted by molar-refractivity contribution is -0.125. The maximum atomic E-state index is 13.3. The molecular weight excluding hydrogens is 478 g/mol. The zero-order valence-corrected chi connectivity index (χ0v) is 21.5. The highest BCUT2D eigenvalue weighted by Gasteiger charge is 2.30. The van der Waals surface area contributed by atoms with E-state index in [1.54, 1.807) is 6.20 Å². The van der Waals surface area contributed by atoms with E-state index < -0.39 is 0 Å². The summed E-state index contributed by atoms with van der Waals surface area (Å²) < 4.78 is 0. The van der Waals surface area contributed by atoms with Crippen molar-refractivity contribution in [3.05, 3.63) is 47.9 Å². The Kier molecular flexibility index (Phi) is 5.78. The third-order valence-corrected chi connectivity index (χ3v) is 8.24. The largest absolute Gasteiger partial charge is 0.355 e. The van der Waals surface area contributed by atoms with Crippen LogP contribution in [0.3, 0.4) is 0 Å². The zero-order chi connectivity index (χ0) is 25.6. The Labute approximate surface area is 219 Å². The Hall–Kier alpha value is -3.89. The predicted octanol–water partition coefficient (Wildman–Crippen LogP) is 2.52. The normalized spacial score (nSPS) is 18.8. The number of H-pyrrole nitrogens is 2. The van der Waals surface area contributed by atoms with E-state index in [-0.39, 0.29) is 11.8 Å². The lowest BCUT2D eigenvalue weighted by Gasteiger charge is -2.32. The number of pyridine rings is 2. The summed E-state index contributed by atoms with van der Waals surface area (Å²) >= 11 is 0. The second-order valence-electron chi connectivity index (χ2n) is 10.6. The van der Waals surface area contributed by atoms with Crippen molar-refractivity contribution < 1.29 is 4.79 Å². The molecule has 1 aliphatic carbocycles. The first-order valence-electron chi connectivity index (χ1n) is 13.4. The first-order chi connectivity index (χ1) is 18.6. The maximum Gasteiger partial charge on any atom is 0.223 e. The fraction of sp³-hybridized carbons (Fsp3) is 0.393. The van der Waals surface area contributed by atoms with Crippen LogP contribution in [0.25, 0.3) is 44.1 Å². The summed E-state index contributed by atoms with van der Waals surface area (Å²) in [6, 6.07) is 6.17. The van der Waals surface area contributed by atoms with Gasteiger partial charge >= 0.3 is 0 Å². The summed E-state index contributed by atoms with van der Waals surface area (Å²) in [5.41, 5.74) is 6.95. The predicted molar refractivity (Wildman–Crippen MR) is 147 cm³/mol. The molecule has 5 aromatic rings. The smallest absolute Gasteiger partial charge is 0.223 e. The molecule has 0 radical (unpaired) electrons. The Bertz CT molecular complexity index is 1650. The van der Waals surface area contributed by atoms with Crippen molar-refractivity contribution in [2.75, 3.05) is 46.3 Å². The van der Waals surface area contributed by atoms with E-state index in [0.29, 0.717) is 13.0 Å². The van der Waals surface area contributed by atoms with Gasteiger partial charge in [-0.05, 0) is 55.6 Å². The van der Waals surface area contributed by atoms with Gasteiger partial charge in [-0.25, -0.2) is 9.97 Å². The van der Waals surface area contributed by atoms with Gasteiger partial charge in [-0.3, -0.25) is 19.9 Å². The van der Waals surface area contributed by atoms with Gasteiger partial charge in [0.15, 0.2) is 5.65 Å². The van der Waals surface area contributed by atoms with Crippen molar-refractivity contribution in [2.45, 2.75) is 19.3 Å². The second kappa shape index (κ2) is 9.45. The number of amides is 1. The number of aryl methyl sites for hydroxylation is 1. The highest BCUT2D eigenvalue weighted by Crippen LogP contribution is 2.39. The number of nitrogens with zero attached hydrogens (tertiary/aromatic N) is 6. The molecule has 0 saturated carbocycles. The minimum Gasteiger partial charge on any atom is -0.355 e. The summed E-state index contributed by atoms with van der Waals surface area (Å²) in [4.78, 5) is 27.8. The van der Waals surface area contributed by atoms with Crippen LogP contribution in [0.4, 0.5) is 0 Å². The van der Waals surface area contributed by atoms with Gasteiger partial charge in [0.05, 0.1) is 29.1 Å². The van der Waals surface area contributed by atoms with Crippen LogP contribution in [-0.4, -0.2) is 92.4 Å². The Balaban J connectivity index is 1.21. The molecule has 7 rings (SSSR count). The van der Waals surface area contributed by atoms with Crippen LogP contribution in [0.5, 0.6) is 0 Å². The topological polar surface area (TPSA) is 119 Å². The number of aromatic nitrogens is 6. The van der Waals surface area contributed by atoms with Gasteiger partial charge in [0.2, 0.25) is 5.91 Å². The lowest BCUT2D eigenvalue weighted by Crippen LogP contribution is -2.47. The van der Waals surface area contributed by atoms with Crippen molar-refractivity contribution in [1.82, 2.24) is 45.5 Å². The van der Waals surface area contributed by atoms with Crippen LogP contribution in [0, 0.1) is 5.92 Å². The van der Waals surface area contributed by atoms with Gasteiger partial charge in [0.1, 0.15) is 0 Å². The van der Waals surface area contributed by atoms with Crippen molar-refractivity contribution in [1.29, 1.82) is 0 Å². The molecule has 1 atom stereocenters. The number of rotatable bonds is 5. The molecular formula is C28H31N9O. The van der Waals surface area contributed by atoms with Crippen LogP contribution in [0.15, 0.2) is 36.8 Å². The van der Waals surface area contributed by atoms with Crippen LogP contribution in [0.2, 0.25) is 0 Å². The molecule has 1 aliphatic heterocycles. The van der Waals surface area contributed by atoms with Crippen LogP contribution < -0.4 is 5.32 Å². The van der Waals surface area contributed by atoms with E-state index >= 15 is 0 Å². The minimum absolute atomic E-state index is 0.0813. The molecule has 1 amide bonds. The molecule has 0 bridgehead atoms. The lowest BCUT2D eigenvalue weighted by atomic mass is 9.79. The number of nitrogens with one attached hydrogen (secondary N) is 3. The third-order valence-electron chi connectivity index (χ3n) is 8.24. The summed E-state index contributed by atoms with van der Waals surface area (Å²) in [6.45, 7) is 5.87. The van der Waals surface area contributed by atoms with E-state index in [1.807, 2.05) is 18.5 Å². The molecule has 1 unspecified atom stereocenters. The van der Waals surface area contributed by atoms with Crippen molar-refractivity contribution in [3.8, 4) is 11.3 Å². The average molecular weight is 510 g/mol. The minimum atomic E-state index is -0.0813. The van der Waals surface area contributed by atoms with Crippen molar-refractivity contribution in [3.63, 3.8) is 0 Å². The molecule has 1 saturated heterocycles. The average Bonchev–Trinajstić information content (AvgIpc) is 3.62. The summed E-state index contributed by atoms with van der Waals surface area (Å²) in [5.74, 6) is 0.0583. The van der Waals surface area contributed by atoms with Crippen LogP contribution in [0.1, 0.15) is 17.5 Å². The molecule has 2 aliphatic rings. The third kappa shape index (κ3) is 4.10. The SMILES string of the molecule is CN1CCN(CCNC(=O)C2CCc3c(c(-c4cnc5[nH]ncc5c4)nc4ccc5[nH]ncc5c34)C2)CC1. The van der Waals surface area contributed by atoms with E-state index in [0.717, 1.165) is 95.2 Å². The number of hydrogen-bond donors (Lipinski definition) is 3. The van der Waals surface area contributed by atoms with Crippen LogP contribution >= 0.6 is 0 Å². The van der Waals surface area contributed by atoms with Gasteiger partial charge in [-0.1, -0.05) is 0 Å². The Morgan fingerprint density at radius 3 is 2.84 bits per heavy atom. The number of fused-ring (bicyclic) bond motifs is 6. The van der Waals surface area contributed by atoms with Gasteiger partial charge in [0.25, 0.3) is 0 Å².